The Morgan fingerprint density at radius 1 is 1.03 bits per heavy atom. The molecule has 8 nitrogen and oxygen atoms in total. The van der Waals surface area contributed by atoms with Crippen LogP contribution in [0.2, 0.25) is 0 Å². The van der Waals surface area contributed by atoms with Gasteiger partial charge < -0.3 is 26.8 Å². The first-order valence-electron chi connectivity index (χ1n) is 9.90. The Morgan fingerprint density at radius 2 is 1.68 bits per heavy atom. The van der Waals surface area contributed by atoms with Crippen LogP contribution in [0.1, 0.15) is 36.2 Å². The van der Waals surface area contributed by atoms with Crippen molar-refractivity contribution < 1.29 is 19.1 Å². The lowest BCUT2D eigenvalue weighted by Crippen LogP contribution is -2.48. The summed E-state index contributed by atoms with van der Waals surface area (Å²) in [6.45, 7) is 4.25. The SMILES string of the molecule is CC(C)C[C@H](NC(=O)c1ccc(OCc2ccccc2)cc1)C(=O)N/C(=C/N)C(N)=O. The van der Waals surface area contributed by atoms with E-state index in [1.54, 1.807) is 24.3 Å². The van der Waals surface area contributed by atoms with Gasteiger partial charge in [0.25, 0.3) is 11.8 Å². The summed E-state index contributed by atoms with van der Waals surface area (Å²) in [6, 6.07) is 15.5. The van der Waals surface area contributed by atoms with E-state index in [1.807, 2.05) is 44.2 Å². The van der Waals surface area contributed by atoms with Gasteiger partial charge in [-0.15, -0.1) is 0 Å². The standard InChI is InChI=1S/C23H28N4O4/c1-15(2)12-19(23(30)27-20(13-24)21(25)28)26-22(29)17-8-10-18(11-9-17)31-14-16-6-4-3-5-7-16/h3-11,13,15,19H,12,14,24H2,1-2H3,(H2,25,28)(H,26,29)(H,27,30)/b20-13+/t19-/m0/s1. The molecule has 31 heavy (non-hydrogen) atoms. The van der Waals surface area contributed by atoms with E-state index in [1.165, 1.54) is 0 Å². The van der Waals surface area contributed by atoms with Crippen LogP contribution in [0, 0.1) is 5.92 Å². The number of hydrogen-bond acceptors (Lipinski definition) is 5. The summed E-state index contributed by atoms with van der Waals surface area (Å²) >= 11 is 0. The van der Waals surface area contributed by atoms with Gasteiger partial charge in [0.2, 0.25) is 5.91 Å². The Kier molecular flexibility index (Phi) is 8.63. The van der Waals surface area contributed by atoms with Crippen molar-refractivity contribution in [3.63, 3.8) is 0 Å². The fraction of sp³-hybridized carbons (Fsp3) is 0.261. The largest absolute Gasteiger partial charge is 0.489 e. The molecular weight excluding hydrogens is 396 g/mol. The average molecular weight is 425 g/mol. The topological polar surface area (TPSA) is 137 Å². The van der Waals surface area contributed by atoms with Gasteiger partial charge in [-0.05, 0) is 42.2 Å². The van der Waals surface area contributed by atoms with Gasteiger partial charge in [-0.2, -0.15) is 0 Å². The molecule has 3 amide bonds. The molecule has 0 bridgehead atoms. The van der Waals surface area contributed by atoms with E-state index in [-0.39, 0.29) is 11.6 Å². The summed E-state index contributed by atoms with van der Waals surface area (Å²) in [5, 5.41) is 5.06. The lowest BCUT2D eigenvalue weighted by Gasteiger charge is -2.20. The van der Waals surface area contributed by atoms with E-state index >= 15 is 0 Å². The predicted octanol–water partition coefficient (Wildman–Crippen LogP) is 1.81. The van der Waals surface area contributed by atoms with Gasteiger partial charge in [0.1, 0.15) is 24.1 Å². The molecule has 6 N–H and O–H groups in total. The quantitative estimate of drug-likeness (QED) is 0.431. The van der Waals surface area contributed by atoms with Crippen LogP contribution in [-0.4, -0.2) is 23.8 Å². The van der Waals surface area contributed by atoms with Crippen molar-refractivity contribution in [3.8, 4) is 5.75 Å². The number of hydrogen-bond donors (Lipinski definition) is 4. The van der Waals surface area contributed by atoms with Gasteiger partial charge in [0.05, 0.1) is 0 Å². The van der Waals surface area contributed by atoms with Crippen LogP contribution in [0.5, 0.6) is 5.75 Å². The number of amides is 3. The van der Waals surface area contributed by atoms with Crippen LogP contribution in [0.15, 0.2) is 66.5 Å². The molecule has 0 unspecified atom stereocenters. The Hall–Kier alpha value is -3.81. The Balaban J connectivity index is 2.01. The highest BCUT2D eigenvalue weighted by Gasteiger charge is 2.24. The minimum Gasteiger partial charge on any atom is -0.489 e. The highest BCUT2D eigenvalue weighted by molar-refractivity contribution is 6.00. The molecule has 0 heterocycles. The Labute approximate surface area is 181 Å². The van der Waals surface area contributed by atoms with E-state index in [0.717, 1.165) is 11.8 Å². The highest BCUT2D eigenvalue weighted by Crippen LogP contribution is 2.15. The third kappa shape index (κ3) is 7.50. The average Bonchev–Trinajstić information content (AvgIpc) is 2.75. The first kappa shape index (κ1) is 23.5. The fourth-order valence-electron chi connectivity index (χ4n) is 2.79. The zero-order chi connectivity index (χ0) is 22.8. The van der Waals surface area contributed by atoms with Crippen LogP contribution < -0.4 is 26.8 Å². The maximum absolute atomic E-state index is 12.7. The van der Waals surface area contributed by atoms with Crippen LogP contribution in [-0.2, 0) is 16.2 Å². The summed E-state index contributed by atoms with van der Waals surface area (Å²) in [4.78, 5) is 36.5. The lowest BCUT2D eigenvalue weighted by molar-refractivity contribution is -0.124. The van der Waals surface area contributed by atoms with Gasteiger partial charge >= 0.3 is 0 Å². The number of nitrogens with two attached hydrogens (primary N) is 2. The maximum Gasteiger partial charge on any atom is 0.266 e. The van der Waals surface area contributed by atoms with Gasteiger partial charge in [0.15, 0.2) is 0 Å². The summed E-state index contributed by atoms with van der Waals surface area (Å²) in [7, 11) is 0. The minimum atomic E-state index is -0.865. The van der Waals surface area contributed by atoms with E-state index < -0.39 is 23.8 Å². The first-order valence-corrected chi connectivity index (χ1v) is 9.90. The minimum absolute atomic E-state index is 0.115. The Bertz CT molecular complexity index is 924. The van der Waals surface area contributed by atoms with E-state index in [4.69, 9.17) is 16.2 Å². The van der Waals surface area contributed by atoms with Crippen LogP contribution in [0.4, 0.5) is 0 Å². The molecule has 8 heteroatoms. The van der Waals surface area contributed by atoms with Crippen molar-refractivity contribution in [3.05, 3.63) is 77.6 Å². The number of ether oxygens (including phenoxy) is 1. The van der Waals surface area contributed by atoms with Crippen LogP contribution in [0.3, 0.4) is 0 Å². The number of rotatable bonds is 10. The van der Waals surface area contributed by atoms with Gasteiger partial charge in [-0.25, -0.2) is 0 Å². The molecular formula is C23H28N4O4. The van der Waals surface area contributed by atoms with E-state index in [2.05, 4.69) is 10.6 Å². The molecule has 0 aliphatic carbocycles. The third-order valence-corrected chi connectivity index (χ3v) is 4.38. The molecule has 2 rings (SSSR count). The van der Waals surface area contributed by atoms with Crippen molar-refractivity contribution in [1.29, 1.82) is 0 Å². The molecule has 0 aliphatic rings. The smallest absolute Gasteiger partial charge is 0.266 e. The van der Waals surface area contributed by atoms with Gasteiger partial charge in [-0.1, -0.05) is 44.2 Å². The number of carbonyl (C=O) groups is 3. The predicted molar refractivity (Wildman–Crippen MR) is 118 cm³/mol. The maximum atomic E-state index is 12.7. The van der Waals surface area contributed by atoms with Crippen molar-refractivity contribution in [1.82, 2.24) is 10.6 Å². The number of primary amides is 1. The van der Waals surface area contributed by atoms with Gasteiger partial charge in [0, 0.05) is 11.8 Å². The summed E-state index contributed by atoms with van der Waals surface area (Å²) in [6.07, 6.45) is 1.29. The zero-order valence-corrected chi connectivity index (χ0v) is 17.6. The van der Waals surface area contributed by atoms with Crippen LogP contribution >= 0.6 is 0 Å². The van der Waals surface area contributed by atoms with Crippen molar-refractivity contribution in [2.45, 2.75) is 32.9 Å². The normalized spacial score (nSPS) is 12.2. The molecule has 164 valence electrons. The molecule has 1 atom stereocenters. The van der Waals surface area contributed by atoms with Crippen molar-refractivity contribution >= 4 is 17.7 Å². The molecule has 0 aromatic heterocycles. The second-order valence-corrected chi connectivity index (χ2v) is 7.39. The molecule has 2 aromatic carbocycles. The summed E-state index contributed by atoms with van der Waals surface area (Å²) in [5.41, 5.74) is 11.7. The number of benzene rings is 2. The summed E-state index contributed by atoms with van der Waals surface area (Å²) in [5.74, 6) is -1.12. The van der Waals surface area contributed by atoms with Gasteiger partial charge in [-0.3, -0.25) is 14.4 Å². The second-order valence-electron chi connectivity index (χ2n) is 7.39. The van der Waals surface area contributed by atoms with Crippen molar-refractivity contribution in [2.24, 2.45) is 17.4 Å². The van der Waals surface area contributed by atoms with Crippen molar-refractivity contribution in [2.75, 3.05) is 0 Å². The fourth-order valence-corrected chi connectivity index (χ4v) is 2.79. The third-order valence-electron chi connectivity index (χ3n) is 4.38. The molecule has 0 radical (unpaired) electrons. The number of nitrogens with one attached hydrogen (secondary N) is 2. The molecule has 0 spiro atoms. The van der Waals surface area contributed by atoms with E-state index in [9.17, 15) is 14.4 Å². The summed E-state index contributed by atoms with van der Waals surface area (Å²) < 4.78 is 5.72. The monoisotopic (exact) mass is 424 g/mol. The molecule has 0 fully saturated rings. The molecule has 2 aromatic rings. The Morgan fingerprint density at radius 3 is 2.23 bits per heavy atom. The molecule has 0 saturated heterocycles. The molecule has 0 aliphatic heterocycles. The first-order chi connectivity index (χ1) is 14.8. The molecule has 0 saturated carbocycles. The zero-order valence-electron chi connectivity index (χ0n) is 17.6. The highest BCUT2D eigenvalue weighted by atomic mass is 16.5. The van der Waals surface area contributed by atoms with E-state index in [0.29, 0.717) is 24.3 Å². The second kappa shape index (κ2) is 11.4. The van der Waals surface area contributed by atoms with Crippen LogP contribution in [0.25, 0.3) is 0 Å². The number of carbonyl (C=O) groups excluding carboxylic acids is 3. The lowest BCUT2D eigenvalue weighted by atomic mass is 10.0.